The van der Waals surface area contributed by atoms with Gasteiger partial charge in [-0.2, -0.15) is 0 Å². The zero-order valence-corrected chi connectivity index (χ0v) is 10.7. The molecule has 1 N–H and O–H groups in total. The van der Waals surface area contributed by atoms with Crippen LogP contribution >= 0.6 is 0 Å². The maximum atomic E-state index is 5.90. The number of morpholine rings is 1. The first kappa shape index (κ1) is 12.3. The maximum absolute atomic E-state index is 5.90. The van der Waals surface area contributed by atoms with Gasteiger partial charge in [0, 0.05) is 19.6 Å². The first-order valence-electron chi connectivity index (χ1n) is 6.86. The highest BCUT2D eigenvalue weighted by atomic mass is 16.5. The summed E-state index contributed by atoms with van der Waals surface area (Å²) in [4.78, 5) is 2.62. The fourth-order valence-corrected chi connectivity index (χ4v) is 2.94. The van der Waals surface area contributed by atoms with Gasteiger partial charge in [-0.25, -0.2) is 0 Å². The lowest BCUT2D eigenvalue weighted by atomic mass is 9.97. The highest BCUT2D eigenvalue weighted by Crippen LogP contribution is 2.18. The van der Waals surface area contributed by atoms with E-state index in [0.717, 1.165) is 25.4 Å². The van der Waals surface area contributed by atoms with Crippen molar-refractivity contribution in [3.05, 3.63) is 0 Å². The van der Waals surface area contributed by atoms with Gasteiger partial charge in [0.15, 0.2) is 0 Å². The van der Waals surface area contributed by atoms with Gasteiger partial charge in [0.2, 0.25) is 0 Å². The van der Waals surface area contributed by atoms with E-state index in [0.29, 0.717) is 12.2 Å². The minimum Gasteiger partial charge on any atom is -0.373 e. The van der Waals surface area contributed by atoms with Crippen LogP contribution in [-0.2, 0) is 4.74 Å². The Morgan fingerprint density at radius 3 is 2.69 bits per heavy atom. The Morgan fingerprint density at radius 2 is 2.00 bits per heavy atom. The summed E-state index contributed by atoms with van der Waals surface area (Å²) in [6.45, 7) is 10.4. The summed E-state index contributed by atoms with van der Waals surface area (Å²) in [7, 11) is 0. The second-order valence-electron chi connectivity index (χ2n) is 5.39. The van der Waals surface area contributed by atoms with Crippen molar-refractivity contribution in [3.63, 3.8) is 0 Å². The average molecular weight is 226 g/mol. The lowest BCUT2D eigenvalue weighted by Gasteiger charge is -2.39. The van der Waals surface area contributed by atoms with Crippen molar-refractivity contribution < 1.29 is 4.74 Å². The highest BCUT2D eigenvalue weighted by Gasteiger charge is 2.26. The molecule has 0 bridgehead atoms. The molecule has 2 rings (SSSR count). The molecule has 0 amide bonds. The van der Waals surface area contributed by atoms with Gasteiger partial charge in [-0.1, -0.05) is 6.92 Å². The van der Waals surface area contributed by atoms with Crippen molar-refractivity contribution in [3.8, 4) is 0 Å². The number of piperidine rings is 1. The van der Waals surface area contributed by atoms with Crippen molar-refractivity contribution in [2.45, 2.75) is 45.3 Å². The summed E-state index contributed by atoms with van der Waals surface area (Å²) < 4.78 is 5.90. The number of hydrogen-bond acceptors (Lipinski definition) is 3. The predicted molar refractivity (Wildman–Crippen MR) is 66.7 cm³/mol. The normalized spacial score (nSPS) is 34.1. The molecule has 0 aromatic rings. The SMILES string of the molecule is CCC1CN(CC2CCNCC2)CC(C)O1. The van der Waals surface area contributed by atoms with Crippen LogP contribution in [0.1, 0.15) is 33.1 Å². The van der Waals surface area contributed by atoms with Gasteiger partial charge in [-0.3, -0.25) is 4.90 Å². The van der Waals surface area contributed by atoms with E-state index < -0.39 is 0 Å². The predicted octanol–water partition coefficient (Wildman–Crippen LogP) is 1.49. The van der Waals surface area contributed by atoms with E-state index in [-0.39, 0.29) is 0 Å². The molecule has 0 aliphatic carbocycles. The Labute approximate surface area is 99.5 Å². The molecule has 16 heavy (non-hydrogen) atoms. The van der Waals surface area contributed by atoms with Crippen molar-refractivity contribution >= 4 is 0 Å². The van der Waals surface area contributed by atoms with Crippen LogP contribution in [0.3, 0.4) is 0 Å². The van der Waals surface area contributed by atoms with Gasteiger partial charge in [-0.05, 0) is 45.2 Å². The fourth-order valence-electron chi connectivity index (χ4n) is 2.94. The summed E-state index contributed by atoms with van der Waals surface area (Å²) in [5.41, 5.74) is 0. The summed E-state index contributed by atoms with van der Waals surface area (Å²) in [6, 6.07) is 0. The number of nitrogens with one attached hydrogen (secondary N) is 1. The summed E-state index contributed by atoms with van der Waals surface area (Å²) in [6.07, 6.45) is 4.73. The first-order valence-corrected chi connectivity index (χ1v) is 6.86. The number of rotatable bonds is 3. The molecular formula is C13H26N2O. The fraction of sp³-hybridized carbons (Fsp3) is 1.00. The minimum atomic E-state index is 0.417. The van der Waals surface area contributed by atoms with E-state index in [1.54, 1.807) is 0 Å². The molecule has 0 saturated carbocycles. The smallest absolute Gasteiger partial charge is 0.0703 e. The quantitative estimate of drug-likeness (QED) is 0.789. The molecule has 2 aliphatic rings. The van der Waals surface area contributed by atoms with Crippen molar-refractivity contribution in [2.75, 3.05) is 32.7 Å². The van der Waals surface area contributed by atoms with Crippen LogP contribution in [0.2, 0.25) is 0 Å². The van der Waals surface area contributed by atoms with Crippen LogP contribution in [0, 0.1) is 5.92 Å². The number of hydrogen-bond donors (Lipinski definition) is 1. The molecule has 0 aromatic carbocycles. The topological polar surface area (TPSA) is 24.5 Å². The van der Waals surface area contributed by atoms with E-state index in [9.17, 15) is 0 Å². The standard InChI is InChI=1S/C13H26N2O/c1-3-13-10-15(8-11(2)16-13)9-12-4-6-14-7-5-12/h11-14H,3-10H2,1-2H3. The van der Waals surface area contributed by atoms with E-state index in [4.69, 9.17) is 4.74 Å². The van der Waals surface area contributed by atoms with Crippen LogP contribution in [0.25, 0.3) is 0 Å². The van der Waals surface area contributed by atoms with Gasteiger partial charge in [0.1, 0.15) is 0 Å². The molecule has 0 radical (unpaired) electrons. The molecule has 2 saturated heterocycles. The maximum Gasteiger partial charge on any atom is 0.0703 e. The third-order valence-corrected chi connectivity index (χ3v) is 3.83. The Bertz CT molecular complexity index is 204. The lowest BCUT2D eigenvalue weighted by Crippen LogP contribution is -2.48. The van der Waals surface area contributed by atoms with Crippen LogP contribution in [0.4, 0.5) is 0 Å². The second kappa shape index (κ2) is 5.99. The molecule has 2 unspecified atom stereocenters. The molecule has 2 atom stereocenters. The molecule has 0 aromatic heterocycles. The van der Waals surface area contributed by atoms with Crippen molar-refractivity contribution in [1.82, 2.24) is 10.2 Å². The van der Waals surface area contributed by atoms with Gasteiger partial charge < -0.3 is 10.1 Å². The zero-order chi connectivity index (χ0) is 11.4. The molecule has 3 nitrogen and oxygen atoms in total. The van der Waals surface area contributed by atoms with Gasteiger partial charge >= 0.3 is 0 Å². The molecule has 3 heteroatoms. The third-order valence-electron chi connectivity index (χ3n) is 3.83. The Balaban J connectivity index is 1.78. The summed E-state index contributed by atoms with van der Waals surface area (Å²) >= 11 is 0. The molecule has 2 heterocycles. The van der Waals surface area contributed by atoms with Crippen molar-refractivity contribution in [2.24, 2.45) is 5.92 Å². The molecule has 2 aliphatic heterocycles. The van der Waals surface area contributed by atoms with Crippen LogP contribution in [0.15, 0.2) is 0 Å². The molecule has 94 valence electrons. The summed E-state index contributed by atoms with van der Waals surface area (Å²) in [5.74, 6) is 0.907. The average Bonchev–Trinajstić information content (AvgIpc) is 2.29. The second-order valence-corrected chi connectivity index (χ2v) is 5.39. The Hall–Kier alpha value is -0.120. The minimum absolute atomic E-state index is 0.417. The van der Waals surface area contributed by atoms with E-state index >= 15 is 0 Å². The van der Waals surface area contributed by atoms with E-state index in [1.165, 1.54) is 32.5 Å². The lowest BCUT2D eigenvalue weighted by molar-refractivity contribution is -0.0816. The molecule has 2 fully saturated rings. The van der Waals surface area contributed by atoms with Gasteiger partial charge in [-0.15, -0.1) is 0 Å². The summed E-state index contributed by atoms with van der Waals surface area (Å²) in [5, 5.41) is 3.44. The van der Waals surface area contributed by atoms with Crippen LogP contribution in [-0.4, -0.2) is 49.8 Å². The van der Waals surface area contributed by atoms with Crippen LogP contribution in [0.5, 0.6) is 0 Å². The van der Waals surface area contributed by atoms with Crippen LogP contribution < -0.4 is 5.32 Å². The Morgan fingerprint density at radius 1 is 1.25 bits per heavy atom. The number of nitrogens with zero attached hydrogens (tertiary/aromatic N) is 1. The van der Waals surface area contributed by atoms with Gasteiger partial charge in [0.05, 0.1) is 12.2 Å². The largest absolute Gasteiger partial charge is 0.373 e. The monoisotopic (exact) mass is 226 g/mol. The molecule has 0 spiro atoms. The van der Waals surface area contributed by atoms with Gasteiger partial charge in [0.25, 0.3) is 0 Å². The first-order chi connectivity index (χ1) is 7.78. The van der Waals surface area contributed by atoms with E-state index in [1.807, 2.05) is 0 Å². The van der Waals surface area contributed by atoms with Crippen molar-refractivity contribution in [1.29, 1.82) is 0 Å². The number of ether oxygens (including phenoxy) is 1. The molecular weight excluding hydrogens is 200 g/mol. The third kappa shape index (κ3) is 3.44. The zero-order valence-electron chi connectivity index (χ0n) is 10.7. The Kier molecular flexibility index (Phi) is 4.62. The highest BCUT2D eigenvalue weighted by molar-refractivity contribution is 4.79. The van der Waals surface area contributed by atoms with E-state index in [2.05, 4.69) is 24.1 Å².